The van der Waals surface area contributed by atoms with Gasteiger partial charge in [-0.2, -0.15) is 5.10 Å². The number of hydrogen-bond donors (Lipinski definition) is 0. The van der Waals surface area contributed by atoms with Gasteiger partial charge in [-0.25, -0.2) is 4.79 Å². The van der Waals surface area contributed by atoms with Crippen molar-refractivity contribution in [3.63, 3.8) is 0 Å². The summed E-state index contributed by atoms with van der Waals surface area (Å²) in [5, 5.41) is 8.44. The number of rotatable bonds is 6. The predicted octanol–water partition coefficient (Wildman–Crippen LogP) is 4.25. The number of carbonyl (C=O) groups excluding carboxylic acids is 1. The van der Waals surface area contributed by atoms with Gasteiger partial charge in [0.25, 0.3) is 0 Å². The van der Waals surface area contributed by atoms with Gasteiger partial charge in [-0.05, 0) is 12.5 Å². The van der Waals surface area contributed by atoms with Crippen LogP contribution >= 0.6 is 0 Å². The van der Waals surface area contributed by atoms with Crippen LogP contribution in [0.1, 0.15) is 27.4 Å². The average molecular weight is 373 g/mol. The van der Waals surface area contributed by atoms with Crippen molar-refractivity contribution in [2.45, 2.75) is 20.1 Å². The van der Waals surface area contributed by atoms with Crippen LogP contribution in [0.4, 0.5) is 0 Å². The molecule has 4 rings (SSSR count). The molecule has 0 radical (unpaired) electrons. The van der Waals surface area contributed by atoms with E-state index in [1.54, 1.807) is 16.9 Å². The molecule has 28 heavy (non-hydrogen) atoms. The molecule has 0 amide bonds. The molecule has 2 aromatic carbocycles. The quantitative estimate of drug-likeness (QED) is 0.473. The Hall–Kier alpha value is -3.67. The Morgan fingerprint density at radius 2 is 1.79 bits per heavy atom. The van der Waals surface area contributed by atoms with E-state index in [4.69, 9.17) is 9.26 Å². The van der Waals surface area contributed by atoms with Crippen molar-refractivity contribution in [3.05, 3.63) is 95.5 Å². The molecular formula is C22H19N3O3. The number of nitrogens with zero attached hydrogens (tertiary/aromatic N) is 3. The van der Waals surface area contributed by atoms with E-state index in [2.05, 4.69) is 10.3 Å². The van der Waals surface area contributed by atoms with Gasteiger partial charge in [0.1, 0.15) is 11.3 Å². The van der Waals surface area contributed by atoms with E-state index in [-0.39, 0.29) is 6.61 Å². The van der Waals surface area contributed by atoms with Gasteiger partial charge in [-0.1, -0.05) is 65.8 Å². The third-order valence-corrected chi connectivity index (χ3v) is 4.24. The number of esters is 1. The standard InChI is InChI=1S/C22H19N3O3/c1-16-12-19(28-24-16)15-27-22(26)20-14-25(13-17-8-4-2-5-9-17)23-21(20)18-10-6-3-7-11-18/h2-12,14H,13,15H2,1H3. The number of aryl methyl sites for hydroxylation is 1. The van der Waals surface area contributed by atoms with Gasteiger partial charge in [0, 0.05) is 17.8 Å². The van der Waals surface area contributed by atoms with Gasteiger partial charge >= 0.3 is 5.97 Å². The largest absolute Gasteiger partial charge is 0.454 e. The number of aromatic nitrogens is 3. The summed E-state index contributed by atoms with van der Waals surface area (Å²) in [6.45, 7) is 2.41. The average Bonchev–Trinajstić information content (AvgIpc) is 3.34. The topological polar surface area (TPSA) is 70.2 Å². The Morgan fingerprint density at radius 1 is 1.07 bits per heavy atom. The molecule has 0 N–H and O–H groups in total. The van der Waals surface area contributed by atoms with Crippen LogP contribution in [0.2, 0.25) is 0 Å². The van der Waals surface area contributed by atoms with Crippen molar-refractivity contribution < 1.29 is 14.1 Å². The lowest BCUT2D eigenvalue weighted by molar-refractivity contribution is 0.0438. The van der Waals surface area contributed by atoms with Crippen LogP contribution in [0.15, 0.2) is 77.4 Å². The Balaban J connectivity index is 1.61. The molecule has 0 aliphatic rings. The zero-order chi connectivity index (χ0) is 19.3. The minimum Gasteiger partial charge on any atom is -0.454 e. The molecule has 4 aromatic rings. The lowest BCUT2D eigenvalue weighted by Crippen LogP contribution is -2.05. The highest BCUT2D eigenvalue weighted by Crippen LogP contribution is 2.23. The van der Waals surface area contributed by atoms with Gasteiger partial charge in [-0.15, -0.1) is 0 Å². The second-order valence-electron chi connectivity index (χ2n) is 6.45. The van der Waals surface area contributed by atoms with Crippen LogP contribution in [-0.2, 0) is 17.9 Å². The van der Waals surface area contributed by atoms with E-state index in [0.29, 0.717) is 23.6 Å². The summed E-state index contributed by atoms with van der Waals surface area (Å²) in [6, 6.07) is 21.3. The Bertz CT molecular complexity index is 1070. The number of hydrogen-bond acceptors (Lipinski definition) is 5. The molecule has 6 nitrogen and oxygen atoms in total. The number of ether oxygens (including phenoxy) is 1. The fraction of sp³-hybridized carbons (Fsp3) is 0.136. The third kappa shape index (κ3) is 4.01. The summed E-state index contributed by atoms with van der Waals surface area (Å²) < 4.78 is 12.3. The molecule has 0 fully saturated rings. The van der Waals surface area contributed by atoms with Crippen molar-refractivity contribution >= 4 is 5.97 Å². The van der Waals surface area contributed by atoms with E-state index in [1.165, 1.54) is 0 Å². The van der Waals surface area contributed by atoms with Gasteiger partial charge in [0.05, 0.1) is 12.2 Å². The smallest absolute Gasteiger partial charge is 0.342 e. The maximum Gasteiger partial charge on any atom is 0.342 e. The molecule has 0 aliphatic carbocycles. The van der Waals surface area contributed by atoms with Crippen LogP contribution in [-0.4, -0.2) is 20.9 Å². The van der Waals surface area contributed by atoms with Gasteiger partial charge in [0.15, 0.2) is 12.4 Å². The van der Waals surface area contributed by atoms with Crippen LogP contribution in [0, 0.1) is 6.92 Å². The molecule has 2 heterocycles. The zero-order valence-electron chi connectivity index (χ0n) is 15.4. The molecule has 0 bridgehead atoms. The van der Waals surface area contributed by atoms with E-state index < -0.39 is 5.97 Å². The van der Waals surface area contributed by atoms with Crippen molar-refractivity contribution in [2.75, 3.05) is 0 Å². The lowest BCUT2D eigenvalue weighted by Gasteiger charge is -2.03. The first-order valence-corrected chi connectivity index (χ1v) is 8.95. The van der Waals surface area contributed by atoms with E-state index >= 15 is 0 Å². The fourth-order valence-corrected chi connectivity index (χ4v) is 2.93. The third-order valence-electron chi connectivity index (χ3n) is 4.24. The second-order valence-corrected chi connectivity index (χ2v) is 6.45. The molecule has 0 unspecified atom stereocenters. The maximum atomic E-state index is 12.7. The summed E-state index contributed by atoms with van der Waals surface area (Å²) in [5.74, 6) is 0.0519. The van der Waals surface area contributed by atoms with Crippen LogP contribution < -0.4 is 0 Å². The maximum absolute atomic E-state index is 12.7. The highest BCUT2D eigenvalue weighted by atomic mass is 16.5. The van der Waals surface area contributed by atoms with Gasteiger partial charge in [-0.3, -0.25) is 4.68 Å². The highest BCUT2D eigenvalue weighted by Gasteiger charge is 2.20. The minimum atomic E-state index is -0.452. The summed E-state index contributed by atoms with van der Waals surface area (Å²) >= 11 is 0. The summed E-state index contributed by atoms with van der Waals surface area (Å²) in [5.41, 5.74) is 3.71. The van der Waals surface area contributed by atoms with Crippen LogP contribution in [0.3, 0.4) is 0 Å². The van der Waals surface area contributed by atoms with Crippen LogP contribution in [0.25, 0.3) is 11.3 Å². The number of carbonyl (C=O) groups is 1. The second kappa shape index (κ2) is 7.92. The molecule has 0 saturated carbocycles. The SMILES string of the molecule is Cc1cc(COC(=O)c2cn(Cc3ccccc3)nc2-c2ccccc2)on1. The van der Waals surface area contributed by atoms with Crippen LogP contribution in [0.5, 0.6) is 0 Å². The first-order valence-electron chi connectivity index (χ1n) is 8.95. The first-order chi connectivity index (χ1) is 13.7. The van der Waals surface area contributed by atoms with E-state index in [9.17, 15) is 4.79 Å². The fourth-order valence-electron chi connectivity index (χ4n) is 2.93. The van der Waals surface area contributed by atoms with E-state index in [0.717, 1.165) is 16.8 Å². The molecule has 0 spiro atoms. The summed E-state index contributed by atoms with van der Waals surface area (Å²) in [7, 11) is 0. The van der Waals surface area contributed by atoms with Crippen molar-refractivity contribution in [1.29, 1.82) is 0 Å². The van der Waals surface area contributed by atoms with Crippen molar-refractivity contribution in [1.82, 2.24) is 14.9 Å². The Kier molecular flexibility index (Phi) is 5.01. The molecule has 6 heteroatoms. The first kappa shape index (κ1) is 17.7. The van der Waals surface area contributed by atoms with Gasteiger partial charge in [0.2, 0.25) is 0 Å². The summed E-state index contributed by atoms with van der Waals surface area (Å²) in [4.78, 5) is 12.7. The molecule has 140 valence electrons. The zero-order valence-corrected chi connectivity index (χ0v) is 15.4. The monoisotopic (exact) mass is 373 g/mol. The predicted molar refractivity (Wildman–Crippen MR) is 104 cm³/mol. The minimum absolute atomic E-state index is 0.0256. The van der Waals surface area contributed by atoms with Gasteiger partial charge < -0.3 is 9.26 Å². The molecular weight excluding hydrogens is 354 g/mol. The molecule has 2 aromatic heterocycles. The van der Waals surface area contributed by atoms with Crippen molar-refractivity contribution in [3.8, 4) is 11.3 Å². The Morgan fingerprint density at radius 3 is 2.46 bits per heavy atom. The van der Waals surface area contributed by atoms with E-state index in [1.807, 2.05) is 67.6 Å². The highest BCUT2D eigenvalue weighted by molar-refractivity contribution is 5.96. The van der Waals surface area contributed by atoms with Crippen molar-refractivity contribution in [2.24, 2.45) is 0 Å². The molecule has 0 atom stereocenters. The normalized spacial score (nSPS) is 10.8. The molecule has 0 aliphatic heterocycles. The number of benzene rings is 2. The lowest BCUT2D eigenvalue weighted by atomic mass is 10.1. The molecule has 0 saturated heterocycles. The Labute approximate surface area is 162 Å². The summed E-state index contributed by atoms with van der Waals surface area (Å²) in [6.07, 6.45) is 1.73.